The first kappa shape index (κ1) is 15.4. The van der Waals surface area contributed by atoms with Crippen molar-refractivity contribution in [3.8, 4) is 0 Å². The lowest BCUT2D eigenvalue weighted by Gasteiger charge is -2.27. The van der Waals surface area contributed by atoms with E-state index in [1.807, 2.05) is 41.8 Å². The first-order valence-corrected chi connectivity index (χ1v) is 9.01. The lowest BCUT2D eigenvalue weighted by Crippen LogP contribution is -2.38. The Hall–Kier alpha value is -1.49. The number of hydrogen-bond acceptors (Lipinski definition) is 3. The third-order valence-electron chi connectivity index (χ3n) is 4.50. The summed E-state index contributed by atoms with van der Waals surface area (Å²) in [7, 11) is 0. The molecule has 0 radical (unpaired) electrons. The number of carbonyl (C=O) groups is 2. The van der Waals surface area contributed by atoms with E-state index in [0.717, 1.165) is 36.6 Å². The zero-order chi connectivity index (χ0) is 15.7. The molecule has 1 saturated heterocycles. The van der Waals surface area contributed by atoms with Crippen molar-refractivity contribution in [1.82, 2.24) is 4.90 Å². The number of thioether (sulfide) groups is 1. The quantitative estimate of drug-likeness (QED) is 0.932. The van der Waals surface area contributed by atoms with E-state index in [1.165, 1.54) is 0 Å². The molecule has 118 valence electrons. The van der Waals surface area contributed by atoms with Crippen LogP contribution in [0.4, 0.5) is 5.69 Å². The van der Waals surface area contributed by atoms with E-state index in [2.05, 4.69) is 12.2 Å². The number of para-hydroxylation sites is 1. The standard InChI is InChI=1S/C17H22N2O2S/c1-11-4-3-5-13(17(21)19-6-8-22-9-7-19)15(11)18-16(20)14-10-12(14)2/h3-5,12,14H,6-10H2,1-2H3,(H,18,20). The van der Waals surface area contributed by atoms with Crippen molar-refractivity contribution in [2.75, 3.05) is 29.9 Å². The van der Waals surface area contributed by atoms with Crippen LogP contribution < -0.4 is 5.32 Å². The Kier molecular flexibility index (Phi) is 4.43. The van der Waals surface area contributed by atoms with Crippen LogP contribution >= 0.6 is 11.8 Å². The van der Waals surface area contributed by atoms with Crippen LogP contribution in [-0.4, -0.2) is 41.3 Å². The molecule has 2 atom stereocenters. The van der Waals surface area contributed by atoms with Gasteiger partial charge >= 0.3 is 0 Å². The molecule has 1 N–H and O–H groups in total. The summed E-state index contributed by atoms with van der Waals surface area (Å²) in [6.07, 6.45) is 0.949. The van der Waals surface area contributed by atoms with Crippen LogP contribution in [0.2, 0.25) is 0 Å². The molecule has 2 amide bonds. The van der Waals surface area contributed by atoms with Crippen LogP contribution in [0.1, 0.15) is 29.3 Å². The Morgan fingerprint density at radius 3 is 2.59 bits per heavy atom. The molecule has 3 rings (SSSR count). The van der Waals surface area contributed by atoms with Crippen LogP contribution in [0.5, 0.6) is 0 Å². The van der Waals surface area contributed by atoms with Gasteiger partial charge in [-0.05, 0) is 30.9 Å². The van der Waals surface area contributed by atoms with Crippen molar-refractivity contribution >= 4 is 29.3 Å². The number of carbonyl (C=O) groups excluding carboxylic acids is 2. The number of aryl methyl sites for hydroxylation is 1. The molecule has 5 heteroatoms. The normalized spacial score (nSPS) is 24.0. The lowest BCUT2D eigenvalue weighted by molar-refractivity contribution is -0.117. The zero-order valence-corrected chi connectivity index (χ0v) is 13.9. The minimum absolute atomic E-state index is 0.0307. The first-order chi connectivity index (χ1) is 10.6. The maximum absolute atomic E-state index is 12.8. The van der Waals surface area contributed by atoms with Gasteiger partial charge in [0.2, 0.25) is 5.91 Å². The molecular formula is C17H22N2O2S. The fraction of sp³-hybridized carbons (Fsp3) is 0.529. The fourth-order valence-electron chi connectivity index (χ4n) is 2.85. The average molecular weight is 318 g/mol. The second-order valence-electron chi connectivity index (χ2n) is 6.21. The van der Waals surface area contributed by atoms with Crippen LogP contribution in [0, 0.1) is 18.8 Å². The van der Waals surface area contributed by atoms with E-state index in [4.69, 9.17) is 0 Å². The highest BCUT2D eigenvalue weighted by atomic mass is 32.2. The molecule has 22 heavy (non-hydrogen) atoms. The van der Waals surface area contributed by atoms with Crippen LogP contribution in [-0.2, 0) is 4.79 Å². The fourth-order valence-corrected chi connectivity index (χ4v) is 3.76. The molecule has 1 aromatic rings. The summed E-state index contributed by atoms with van der Waals surface area (Å²) >= 11 is 1.88. The number of benzene rings is 1. The maximum atomic E-state index is 12.8. The van der Waals surface area contributed by atoms with E-state index in [-0.39, 0.29) is 17.7 Å². The monoisotopic (exact) mass is 318 g/mol. The molecule has 0 spiro atoms. The van der Waals surface area contributed by atoms with Gasteiger partial charge in [-0.15, -0.1) is 0 Å². The van der Waals surface area contributed by atoms with Gasteiger partial charge in [-0.25, -0.2) is 0 Å². The number of hydrogen-bond donors (Lipinski definition) is 1. The van der Waals surface area contributed by atoms with E-state index in [9.17, 15) is 9.59 Å². The van der Waals surface area contributed by atoms with E-state index in [1.54, 1.807) is 0 Å². The second-order valence-corrected chi connectivity index (χ2v) is 7.44. The summed E-state index contributed by atoms with van der Waals surface area (Å²) in [5.41, 5.74) is 2.25. The van der Waals surface area contributed by atoms with Crippen LogP contribution in [0.3, 0.4) is 0 Å². The molecule has 1 heterocycles. The molecule has 2 fully saturated rings. The van der Waals surface area contributed by atoms with Crippen LogP contribution in [0.15, 0.2) is 18.2 Å². The molecule has 0 bridgehead atoms. The summed E-state index contributed by atoms with van der Waals surface area (Å²) in [5.74, 6) is 2.61. The molecule has 1 aliphatic heterocycles. The van der Waals surface area contributed by atoms with E-state index >= 15 is 0 Å². The number of rotatable bonds is 3. The van der Waals surface area contributed by atoms with Crippen molar-refractivity contribution in [3.63, 3.8) is 0 Å². The highest BCUT2D eigenvalue weighted by Crippen LogP contribution is 2.39. The predicted octanol–water partition coefficient (Wildman–Crippen LogP) is 2.78. The number of nitrogens with zero attached hydrogens (tertiary/aromatic N) is 1. The summed E-state index contributed by atoms with van der Waals surface area (Å²) in [5, 5.41) is 3.00. The third kappa shape index (κ3) is 3.14. The predicted molar refractivity (Wildman–Crippen MR) is 90.3 cm³/mol. The van der Waals surface area contributed by atoms with Gasteiger partial charge in [0.25, 0.3) is 5.91 Å². The Morgan fingerprint density at radius 2 is 1.95 bits per heavy atom. The van der Waals surface area contributed by atoms with Gasteiger partial charge in [0.15, 0.2) is 0 Å². The Morgan fingerprint density at radius 1 is 1.27 bits per heavy atom. The summed E-state index contributed by atoms with van der Waals surface area (Å²) in [6, 6.07) is 5.65. The molecule has 1 aromatic carbocycles. The average Bonchev–Trinajstić information content (AvgIpc) is 3.26. The summed E-state index contributed by atoms with van der Waals surface area (Å²) < 4.78 is 0. The lowest BCUT2D eigenvalue weighted by atomic mass is 10.1. The van der Waals surface area contributed by atoms with Crippen molar-refractivity contribution in [3.05, 3.63) is 29.3 Å². The van der Waals surface area contributed by atoms with Gasteiger partial charge in [-0.2, -0.15) is 11.8 Å². The number of amides is 2. The van der Waals surface area contributed by atoms with E-state index < -0.39 is 0 Å². The van der Waals surface area contributed by atoms with Gasteiger partial charge < -0.3 is 10.2 Å². The largest absolute Gasteiger partial charge is 0.337 e. The smallest absolute Gasteiger partial charge is 0.256 e. The second kappa shape index (κ2) is 6.32. The Balaban J connectivity index is 1.82. The topological polar surface area (TPSA) is 49.4 Å². The summed E-state index contributed by atoms with van der Waals surface area (Å²) in [6.45, 7) is 5.59. The molecule has 1 aliphatic carbocycles. The SMILES string of the molecule is Cc1cccc(C(=O)N2CCSCC2)c1NC(=O)C1CC1C. The first-order valence-electron chi connectivity index (χ1n) is 7.85. The zero-order valence-electron chi connectivity index (χ0n) is 13.1. The van der Waals surface area contributed by atoms with Crippen LogP contribution in [0.25, 0.3) is 0 Å². The number of nitrogens with one attached hydrogen (secondary N) is 1. The Bertz CT molecular complexity index is 596. The Labute approximate surface area is 135 Å². The van der Waals surface area contributed by atoms with Gasteiger partial charge in [-0.3, -0.25) is 9.59 Å². The molecule has 4 nitrogen and oxygen atoms in total. The van der Waals surface area contributed by atoms with Gasteiger partial charge in [0.05, 0.1) is 11.3 Å². The van der Waals surface area contributed by atoms with Gasteiger partial charge in [-0.1, -0.05) is 19.1 Å². The highest BCUT2D eigenvalue weighted by molar-refractivity contribution is 7.99. The molecule has 2 unspecified atom stereocenters. The van der Waals surface area contributed by atoms with Crippen molar-refractivity contribution < 1.29 is 9.59 Å². The minimum atomic E-state index is 0.0307. The van der Waals surface area contributed by atoms with Gasteiger partial charge in [0, 0.05) is 30.5 Å². The van der Waals surface area contributed by atoms with Crippen molar-refractivity contribution in [1.29, 1.82) is 0 Å². The molecule has 1 saturated carbocycles. The maximum Gasteiger partial charge on any atom is 0.256 e. The van der Waals surface area contributed by atoms with Gasteiger partial charge in [0.1, 0.15) is 0 Å². The third-order valence-corrected chi connectivity index (χ3v) is 5.44. The molecule has 0 aromatic heterocycles. The number of anilines is 1. The van der Waals surface area contributed by atoms with Crippen molar-refractivity contribution in [2.24, 2.45) is 11.8 Å². The highest BCUT2D eigenvalue weighted by Gasteiger charge is 2.39. The van der Waals surface area contributed by atoms with E-state index in [0.29, 0.717) is 17.2 Å². The molecular weight excluding hydrogens is 296 g/mol. The molecule has 2 aliphatic rings. The minimum Gasteiger partial charge on any atom is -0.337 e. The van der Waals surface area contributed by atoms with Crippen molar-refractivity contribution in [2.45, 2.75) is 20.3 Å². The summed E-state index contributed by atoms with van der Waals surface area (Å²) in [4.78, 5) is 26.9.